The van der Waals surface area contributed by atoms with E-state index in [4.69, 9.17) is 22.1 Å². The Morgan fingerprint density at radius 2 is 1.86 bits per heavy atom. The quantitative estimate of drug-likeness (QED) is 0.478. The zero-order chi connectivity index (χ0) is 21.1. The molecule has 0 unspecified atom stereocenters. The van der Waals surface area contributed by atoms with Gasteiger partial charge in [-0.2, -0.15) is 0 Å². The maximum absolute atomic E-state index is 14.1. The van der Waals surface area contributed by atoms with Crippen molar-refractivity contribution in [3.8, 4) is 17.0 Å². The number of hydrogen-bond donors (Lipinski definition) is 2. The maximum Gasteiger partial charge on any atom is 0.341 e. The van der Waals surface area contributed by atoms with Crippen LogP contribution in [-0.2, 0) is 4.74 Å². The van der Waals surface area contributed by atoms with Crippen LogP contribution in [0.15, 0.2) is 48.5 Å². The molecule has 0 atom stereocenters. The van der Waals surface area contributed by atoms with Gasteiger partial charge in [0.1, 0.15) is 22.9 Å². The molecule has 0 saturated carbocycles. The molecule has 3 aromatic rings. The highest BCUT2D eigenvalue weighted by atomic mass is 35.5. The van der Waals surface area contributed by atoms with Crippen LogP contribution < -0.4 is 5.73 Å². The number of carbonyl (C=O) groups is 2. The number of rotatable bonds is 5. The van der Waals surface area contributed by atoms with Gasteiger partial charge in [0.25, 0.3) is 0 Å². The maximum atomic E-state index is 14.1. The van der Waals surface area contributed by atoms with Gasteiger partial charge in [0, 0.05) is 16.1 Å². The zero-order valence-corrected chi connectivity index (χ0v) is 16.0. The molecule has 3 N–H and O–H groups in total. The number of hydrogen-bond acceptors (Lipinski definition) is 6. The summed E-state index contributed by atoms with van der Waals surface area (Å²) in [7, 11) is 0. The first-order chi connectivity index (χ1) is 13.8. The van der Waals surface area contributed by atoms with Gasteiger partial charge in [0.05, 0.1) is 17.9 Å². The number of pyridine rings is 1. The fourth-order valence-electron chi connectivity index (χ4n) is 2.72. The Labute approximate surface area is 170 Å². The summed E-state index contributed by atoms with van der Waals surface area (Å²) in [5.41, 5.74) is 6.34. The molecular weight excluding hydrogens is 399 g/mol. The van der Waals surface area contributed by atoms with Gasteiger partial charge in [0.2, 0.25) is 0 Å². The highest BCUT2D eigenvalue weighted by molar-refractivity contribution is 6.30. The van der Waals surface area contributed by atoms with E-state index in [1.807, 2.05) is 0 Å². The van der Waals surface area contributed by atoms with Crippen LogP contribution >= 0.6 is 11.6 Å². The lowest BCUT2D eigenvalue weighted by molar-refractivity contribution is 0.0527. The second-order valence-electron chi connectivity index (χ2n) is 6.03. The second-order valence-corrected chi connectivity index (χ2v) is 6.47. The number of esters is 1. The van der Waals surface area contributed by atoms with E-state index in [0.717, 1.165) is 6.07 Å². The third-order valence-electron chi connectivity index (χ3n) is 4.13. The second kappa shape index (κ2) is 8.28. The molecule has 0 saturated heterocycles. The smallest absolute Gasteiger partial charge is 0.341 e. The highest BCUT2D eigenvalue weighted by Gasteiger charge is 2.18. The number of nitrogens with zero attached hydrogens (tertiary/aromatic N) is 1. The van der Waals surface area contributed by atoms with E-state index in [2.05, 4.69) is 4.98 Å². The van der Waals surface area contributed by atoms with Crippen molar-refractivity contribution < 1.29 is 23.8 Å². The molecule has 1 heterocycles. The number of aromatic hydroxyl groups is 1. The van der Waals surface area contributed by atoms with E-state index >= 15 is 0 Å². The van der Waals surface area contributed by atoms with Gasteiger partial charge in [-0.1, -0.05) is 11.6 Å². The zero-order valence-electron chi connectivity index (χ0n) is 15.3. The molecule has 0 fully saturated rings. The third kappa shape index (κ3) is 4.20. The Bertz CT molecular complexity index is 1120. The molecule has 0 aliphatic carbocycles. The van der Waals surface area contributed by atoms with E-state index in [1.165, 1.54) is 42.5 Å². The topological polar surface area (TPSA) is 103 Å². The van der Waals surface area contributed by atoms with Crippen LogP contribution in [0.1, 0.15) is 33.2 Å². The Kier molecular flexibility index (Phi) is 5.79. The van der Waals surface area contributed by atoms with Gasteiger partial charge in [-0.25, -0.2) is 14.2 Å². The lowest BCUT2D eigenvalue weighted by Crippen LogP contribution is -2.09. The van der Waals surface area contributed by atoms with Gasteiger partial charge in [-0.05, 0) is 55.5 Å². The number of nitrogen functional groups attached to an aromatic ring is 1. The average molecular weight is 415 g/mol. The fourth-order valence-corrected chi connectivity index (χ4v) is 2.88. The van der Waals surface area contributed by atoms with Crippen molar-refractivity contribution in [3.63, 3.8) is 0 Å². The monoisotopic (exact) mass is 414 g/mol. The van der Waals surface area contributed by atoms with Crippen molar-refractivity contribution in [2.24, 2.45) is 0 Å². The molecule has 0 amide bonds. The standard InChI is InChI=1S/C21H16ClFN2O4/c1-2-29-21(28)14-6-7-17(25-20(14)24)15-9-11(3-8-18(15)26)19(27)13-5-4-12(22)10-16(13)23/h3-10,26H,2H2,1H3,(H2,24,25). The van der Waals surface area contributed by atoms with Gasteiger partial charge in [0.15, 0.2) is 5.78 Å². The van der Waals surface area contributed by atoms with Crippen LogP contribution in [0, 0.1) is 5.82 Å². The van der Waals surface area contributed by atoms with E-state index in [0.29, 0.717) is 0 Å². The lowest BCUT2D eigenvalue weighted by atomic mass is 9.99. The lowest BCUT2D eigenvalue weighted by Gasteiger charge is -2.10. The predicted molar refractivity (Wildman–Crippen MR) is 107 cm³/mol. The minimum atomic E-state index is -0.752. The summed E-state index contributed by atoms with van der Waals surface area (Å²) in [6, 6.07) is 10.7. The molecule has 148 valence electrons. The number of halogens is 2. The number of ether oxygens (including phenoxy) is 1. The van der Waals surface area contributed by atoms with Crippen molar-refractivity contribution in [3.05, 3.63) is 76.1 Å². The Balaban J connectivity index is 2.00. The van der Waals surface area contributed by atoms with Crippen LogP contribution in [0.3, 0.4) is 0 Å². The number of aromatic nitrogens is 1. The van der Waals surface area contributed by atoms with Gasteiger partial charge >= 0.3 is 5.97 Å². The molecule has 3 rings (SSSR count). The molecule has 6 nitrogen and oxygen atoms in total. The van der Waals surface area contributed by atoms with Crippen molar-refractivity contribution in [2.75, 3.05) is 12.3 Å². The number of anilines is 1. The van der Waals surface area contributed by atoms with E-state index < -0.39 is 17.6 Å². The number of carbonyl (C=O) groups excluding carboxylic acids is 2. The molecule has 0 aliphatic heterocycles. The van der Waals surface area contributed by atoms with Gasteiger partial charge in [-0.3, -0.25) is 4.79 Å². The molecular formula is C21H16ClFN2O4. The van der Waals surface area contributed by atoms with Crippen LogP contribution in [0.2, 0.25) is 5.02 Å². The Morgan fingerprint density at radius 3 is 2.52 bits per heavy atom. The van der Waals surface area contributed by atoms with Crippen LogP contribution in [0.5, 0.6) is 5.75 Å². The molecule has 2 aromatic carbocycles. The third-order valence-corrected chi connectivity index (χ3v) is 4.37. The number of phenolic OH excluding ortho intramolecular Hbond substituents is 1. The SMILES string of the molecule is CCOC(=O)c1ccc(-c2cc(C(=O)c3ccc(Cl)cc3F)ccc2O)nc1N. The average Bonchev–Trinajstić information content (AvgIpc) is 2.68. The first kappa shape index (κ1) is 20.3. The number of benzene rings is 2. The first-order valence-electron chi connectivity index (χ1n) is 8.58. The normalized spacial score (nSPS) is 10.6. The largest absolute Gasteiger partial charge is 0.507 e. The molecule has 0 aliphatic rings. The summed E-state index contributed by atoms with van der Waals surface area (Å²) >= 11 is 5.73. The van der Waals surface area contributed by atoms with E-state index in [1.54, 1.807) is 6.92 Å². The molecule has 1 aromatic heterocycles. The Morgan fingerprint density at radius 1 is 1.14 bits per heavy atom. The molecule has 8 heteroatoms. The van der Waals surface area contributed by atoms with Crippen LogP contribution in [-0.4, -0.2) is 28.4 Å². The minimum absolute atomic E-state index is 0.0826. The van der Waals surface area contributed by atoms with Crippen molar-refractivity contribution in [1.82, 2.24) is 4.98 Å². The minimum Gasteiger partial charge on any atom is -0.507 e. The van der Waals surface area contributed by atoms with E-state index in [9.17, 15) is 19.1 Å². The van der Waals surface area contributed by atoms with Crippen molar-refractivity contribution in [1.29, 1.82) is 0 Å². The molecule has 0 spiro atoms. The van der Waals surface area contributed by atoms with Gasteiger partial charge in [-0.15, -0.1) is 0 Å². The number of phenols is 1. The van der Waals surface area contributed by atoms with Crippen molar-refractivity contribution in [2.45, 2.75) is 6.92 Å². The predicted octanol–water partition coefficient (Wildman–Crippen LogP) is 4.24. The summed E-state index contributed by atoms with van der Waals surface area (Å²) in [6.07, 6.45) is 0. The highest BCUT2D eigenvalue weighted by Crippen LogP contribution is 2.31. The summed E-state index contributed by atoms with van der Waals surface area (Å²) in [6.45, 7) is 1.85. The van der Waals surface area contributed by atoms with Crippen molar-refractivity contribution >= 4 is 29.2 Å². The fraction of sp³-hybridized carbons (Fsp3) is 0.0952. The summed E-state index contributed by atoms with van der Waals surface area (Å²) in [5.74, 6) is -2.19. The Hall–Kier alpha value is -3.45. The molecule has 0 bridgehead atoms. The number of ketones is 1. The molecule has 29 heavy (non-hydrogen) atoms. The summed E-state index contributed by atoms with van der Waals surface area (Å²) in [5, 5.41) is 10.4. The molecule has 0 radical (unpaired) electrons. The van der Waals surface area contributed by atoms with Crippen LogP contribution in [0.25, 0.3) is 11.3 Å². The summed E-state index contributed by atoms with van der Waals surface area (Å²) in [4.78, 5) is 28.7. The van der Waals surface area contributed by atoms with Crippen LogP contribution in [0.4, 0.5) is 10.2 Å². The van der Waals surface area contributed by atoms with E-state index in [-0.39, 0.29) is 51.1 Å². The first-order valence-corrected chi connectivity index (χ1v) is 8.96. The van der Waals surface area contributed by atoms with Gasteiger partial charge < -0.3 is 15.6 Å². The number of nitrogens with two attached hydrogens (primary N) is 1. The summed E-state index contributed by atoms with van der Waals surface area (Å²) < 4.78 is 19.0.